The lowest BCUT2D eigenvalue weighted by molar-refractivity contribution is 0.415. The summed E-state index contributed by atoms with van der Waals surface area (Å²) in [6, 6.07) is 7.83. The molecule has 2 N–H and O–H groups in total. The lowest BCUT2D eigenvalue weighted by Gasteiger charge is -2.06. The highest BCUT2D eigenvalue weighted by Gasteiger charge is 2.00. The summed E-state index contributed by atoms with van der Waals surface area (Å²) < 4.78 is 5.09. The number of aryl methyl sites for hydroxylation is 1. The normalized spacial score (nSPS) is 10.1. The molecule has 0 aliphatic rings. The van der Waals surface area contributed by atoms with Crippen LogP contribution in [0, 0.1) is 6.92 Å². The number of aromatic amines is 1. The van der Waals surface area contributed by atoms with Crippen LogP contribution in [0.15, 0.2) is 30.6 Å². The van der Waals surface area contributed by atoms with Crippen LogP contribution in [0.4, 0.5) is 5.69 Å². The molecule has 0 unspecified atom stereocenters. The molecule has 0 atom stereocenters. The summed E-state index contributed by atoms with van der Waals surface area (Å²) in [6.45, 7) is 2.74. The molecule has 2 aromatic rings. The maximum atomic E-state index is 5.09. The molecule has 1 aromatic carbocycles. The van der Waals surface area contributed by atoms with Gasteiger partial charge in [0.15, 0.2) is 0 Å². The largest absolute Gasteiger partial charge is 0.497 e. The van der Waals surface area contributed by atoms with Gasteiger partial charge in [-0.2, -0.15) is 0 Å². The van der Waals surface area contributed by atoms with Gasteiger partial charge in [-0.15, -0.1) is 0 Å². The first-order valence-electron chi connectivity index (χ1n) is 5.16. The van der Waals surface area contributed by atoms with Crippen molar-refractivity contribution in [3.63, 3.8) is 0 Å². The molecule has 1 aromatic heterocycles. The van der Waals surface area contributed by atoms with Crippen molar-refractivity contribution in [3.8, 4) is 5.75 Å². The molecule has 0 aliphatic heterocycles. The lowest BCUT2D eigenvalue weighted by Crippen LogP contribution is -2.01. The zero-order valence-corrected chi connectivity index (χ0v) is 9.45. The Hall–Kier alpha value is -1.97. The van der Waals surface area contributed by atoms with Crippen LogP contribution >= 0.6 is 0 Å². The van der Waals surface area contributed by atoms with Gasteiger partial charge < -0.3 is 15.0 Å². The minimum atomic E-state index is 0.724. The minimum absolute atomic E-state index is 0.724. The number of ether oxygens (including phenoxy) is 1. The maximum absolute atomic E-state index is 5.09. The lowest BCUT2D eigenvalue weighted by atomic mass is 10.3. The second-order valence-corrected chi connectivity index (χ2v) is 3.56. The first-order chi connectivity index (χ1) is 7.79. The van der Waals surface area contributed by atoms with Gasteiger partial charge in [-0.3, -0.25) is 0 Å². The molecule has 0 spiro atoms. The van der Waals surface area contributed by atoms with E-state index in [2.05, 4.69) is 15.3 Å². The topological polar surface area (TPSA) is 49.9 Å². The fraction of sp³-hybridized carbons (Fsp3) is 0.250. The molecular formula is C12H15N3O. The van der Waals surface area contributed by atoms with Crippen LogP contribution in [0.1, 0.15) is 11.4 Å². The molecule has 0 amide bonds. The van der Waals surface area contributed by atoms with E-state index in [-0.39, 0.29) is 0 Å². The quantitative estimate of drug-likeness (QED) is 0.826. The fourth-order valence-electron chi connectivity index (χ4n) is 1.46. The highest BCUT2D eigenvalue weighted by Crippen LogP contribution is 2.15. The van der Waals surface area contributed by atoms with E-state index in [1.165, 1.54) is 0 Å². The molecule has 0 bridgehead atoms. The van der Waals surface area contributed by atoms with Gasteiger partial charge in [0.2, 0.25) is 0 Å². The standard InChI is InChI=1S/C12H15N3O/c1-9-12(15-8-14-9)7-13-10-3-5-11(16-2)6-4-10/h3-6,8,13H,7H2,1-2H3,(H,14,15). The van der Waals surface area contributed by atoms with Crippen LogP contribution in [-0.2, 0) is 6.54 Å². The number of aromatic nitrogens is 2. The molecule has 1 heterocycles. The van der Waals surface area contributed by atoms with Gasteiger partial charge in [-0.05, 0) is 31.2 Å². The molecule has 84 valence electrons. The summed E-state index contributed by atoms with van der Waals surface area (Å²) in [5.41, 5.74) is 3.19. The predicted octanol–water partition coefficient (Wildman–Crippen LogP) is 2.34. The third kappa shape index (κ3) is 2.34. The zero-order chi connectivity index (χ0) is 11.4. The minimum Gasteiger partial charge on any atom is -0.497 e. The molecule has 0 radical (unpaired) electrons. The first-order valence-corrected chi connectivity index (χ1v) is 5.16. The van der Waals surface area contributed by atoms with Gasteiger partial charge in [0.05, 0.1) is 25.7 Å². The monoisotopic (exact) mass is 217 g/mol. The number of H-pyrrole nitrogens is 1. The van der Waals surface area contributed by atoms with E-state index in [4.69, 9.17) is 4.74 Å². The van der Waals surface area contributed by atoms with E-state index in [0.29, 0.717) is 0 Å². The SMILES string of the molecule is COc1ccc(NCc2nc[nH]c2C)cc1. The average molecular weight is 217 g/mol. The van der Waals surface area contributed by atoms with Gasteiger partial charge in [-0.25, -0.2) is 4.98 Å². The summed E-state index contributed by atoms with van der Waals surface area (Å²) in [6.07, 6.45) is 1.71. The Morgan fingerprint density at radius 1 is 1.31 bits per heavy atom. The van der Waals surface area contributed by atoms with Gasteiger partial charge in [0, 0.05) is 11.4 Å². The fourth-order valence-corrected chi connectivity index (χ4v) is 1.46. The Labute approximate surface area is 94.7 Å². The van der Waals surface area contributed by atoms with Crippen LogP contribution < -0.4 is 10.1 Å². The van der Waals surface area contributed by atoms with Gasteiger partial charge in [0.25, 0.3) is 0 Å². The molecule has 2 rings (SSSR count). The van der Waals surface area contributed by atoms with E-state index >= 15 is 0 Å². The number of methoxy groups -OCH3 is 1. The number of rotatable bonds is 4. The number of anilines is 1. The summed E-state index contributed by atoms with van der Waals surface area (Å²) in [7, 11) is 1.66. The second kappa shape index (κ2) is 4.70. The van der Waals surface area contributed by atoms with Gasteiger partial charge in [-0.1, -0.05) is 0 Å². The molecule has 4 nitrogen and oxygen atoms in total. The Kier molecular flexibility index (Phi) is 3.10. The van der Waals surface area contributed by atoms with Crippen LogP contribution in [-0.4, -0.2) is 17.1 Å². The second-order valence-electron chi connectivity index (χ2n) is 3.56. The van der Waals surface area contributed by atoms with E-state index in [9.17, 15) is 0 Å². The van der Waals surface area contributed by atoms with E-state index in [1.807, 2.05) is 31.2 Å². The molecular weight excluding hydrogens is 202 g/mol. The maximum Gasteiger partial charge on any atom is 0.119 e. The third-order valence-corrected chi connectivity index (χ3v) is 2.48. The Bertz CT molecular complexity index is 448. The van der Waals surface area contributed by atoms with Gasteiger partial charge in [0.1, 0.15) is 5.75 Å². The molecule has 0 saturated heterocycles. The average Bonchev–Trinajstić information content (AvgIpc) is 2.73. The smallest absolute Gasteiger partial charge is 0.119 e. The third-order valence-electron chi connectivity index (χ3n) is 2.48. The summed E-state index contributed by atoms with van der Waals surface area (Å²) in [5.74, 6) is 0.863. The van der Waals surface area contributed by atoms with Crippen molar-refractivity contribution >= 4 is 5.69 Å². The predicted molar refractivity (Wildman–Crippen MR) is 63.6 cm³/mol. The van der Waals surface area contributed by atoms with Crippen molar-refractivity contribution < 1.29 is 4.74 Å². The molecule has 16 heavy (non-hydrogen) atoms. The summed E-state index contributed by atoms with van der Waals surface area (Å²) in [5, 5.41) is 3.30. The highest BCUT2D eigenvalue weighted by atomic mass is 16.5. The van der Waals surface area contributed by atoms with Crippen molar-refractivity contribution in [2.75, 3.05) is 12.4 Å². The van der Waals surface area contributed by atoms with Crippen molar-refractivity contribution in [1.82, 2.24) is 9.97 Å². The summed E-state index contributed by atoms with van der Waals surface area (Å²) >= 11 is 0. The van der Waals surface area contributed by atoms with Crippen molar-refractivity contribution in [1.29, 1.82) is 0 Å². The number of nitrogens with one attached hydrogen (secondary N) is 2. The molecule has 4 heteroatoms. The van der Waals surface area contributed by atoms with Crippen LogP contribution in [0.5, 0.6) is 5.75 Å². The van der Waals surface area contributed by atoms with E-state index in [1.54, 1.807) is 13.4 Å². The molecule has 0 fully saturated rings. The Balaban J connectivity index is 1.97. The van der Waals surface area contributed by atoms with Crippen molar-refractivity contribution in [2.24, 2.45) is 0 Å². The van der Waals surface area contributed by atoms with Crippen molar-refractivity contribution in [2.45, 2.75) is 13.5 Å². The number of hydrogen-bond donors (Lipinski definition) is 2. The van der Waals surface area contributed by atoms with Gasteiger partial charge >= 0.3 is 0 Å². The number of hydrogen-bond acceptors (Lipinski definition) is 3. The zero-order valence-electron chi connectivity index (χ0n) is 9.45. The number of imidazole rings is 1. The van der Waals surface area contributed by atoms with Crippen molar-refractivity contribution in [3.05, 3.63) is 42.0 Å². The number of nitrogens with zero attached hydrogens (tertiary/aromatic N) is 1. The summed E-state index contributed by atoms with van der Waals surface area (Å²) in [4.78, 5) is 7.27. The highest BCUT2D eigenvalue weighted by molar-refractivity contribution is 5.46. The van der Waals surface area contributed by atoms with Crippen LogP contribution in [0.25, 0.3) is 0 Å². The first kappa shape index (κ1) is 10.5. The van der Waals surface area contributed by atoms with E-state index in [0.717, 1.165) is 29.4 Å². The molecule has 0 aliphatic carbocycles. The van der Waals surface area contributed by atoms with Crippen LogP contribution in [0.2, 0.25) is 0 Å². The Morgan fingerprint density at radius 3 is 2.62 bits per heavy atom. The van der Waals surface area contributed by atoms with E-state index < -0.39 is 0 Å². The van der Waals surface area contributed by atoms with Crippen LogP contribution in [0.3, 0.4) is 0 Å². The Morgan fingerprint density at radius 2 is 2.06 bits per heavy atom. The number of benzene rings is 1. The molecule has 0 saturated carbocycles.